The largest absolute Gasteiger partial charge is 0.467 e. The highest BCUT2D eigenvalue weighted by molar-refractivity contribution is 5.75. The van der Waals surface area contributed by atoms with E-state index in [1.165, 1.54) is 6.08 Å². The van der Waals surface area contributed by atoms with E-state index in [1.807, 2.05) is 24.3 Å². The molecule has 14 heavy (non-hydrogen) atoms. The third-order valence-corrected chi connectivity index (χ3v) is 1.61. The van der Waals surface area contributed by atoms with Crippen LogP contribution in [0.3, 0.4) is 0 Å². The smallest absolute Gasteiger partial charge is 0.188 e. The highest BCUT2D eigenvalue weighted by atomic mass is 16.7. The van der Waals surface area contributed by atoms with Crippen molar-refractivity contribution in [2.45, 2.75) is 0 Å². The van der Waals surface area contributed by atoms with Gasteiger partial charge in [0, 0.05) is 12.7 Å². The van der Waals surface area contributed by atoms with Gasteiger partial charge in [-0.3, -0.25) is 4.79 Å². The maximum absolute atomic E-state index is 10.2. The number of allylic oxidation sites excluding steroid dienone is 1. The summed E-state index contributed by atoms with van der Waals surface area (Å²) in [6, 6.07) is 7.43. The molecule has 0 N–H and O–H groups in total. The van der Waals surface area contributed by atoms with Gasteiger partial charge in [0.05, 0.1) is 0 Å². The van der Waals surface area contributed by atoms with Crippen LogP contribution in [-0.2, 0) is 9.53 Å². The Morgan fingerprint density at radius 2 is 2.14 bits per heavy atom. The third-order valence-electron chi connectivity index (χ3n) is 1.61. The van der Waals surface area contributed by atoms with Crippen LogP contribution in [0.2, 0.25) is 0 Å². The van der Waals surface area contributed by atoms with Gasteiger partial charge in [0.1, 0.15) is 12.0 Å². The molecule has 0 aliphatic rings. The number of aldehydes is 1. The number of ether oxygens (including phenoxy) is 2. The van der Waals surface area contributed by atoms with Crippen LogP contribution >= 0.6 is 0 Å². The van der Waals surface area contributed by atoms with Gasteiger partial charge in [-0.2, -0.15) is 0 Å². The average molecular weight is 192 g/mol. The summed E-state index contributed by atoms with van der Waals surface area (Å²) in [5.74, 6) is 0.701. The summed E-state index contributed by atoms with van der Waals surface area (Å²) in [5.41, 5.74) is 0.858. The van der Waals surface area contributed by atoms with Crippen molar-refractivity contribution < 1.29 is 14.3 Å². The number of rotatable bonds is 5. The van der Waals surface area contributed by atoms with Crippen LogP contribution in [0.25, 0.3) is 6.08 Å². The summed E-state index contributed by atoms with van der Waals surface area (Å²) in [7, 11) is 1.56. The normalized spacial score (nSPS) is 10.4. The summed E-state index contributed by atoms with van der Waals surface area (Å²) in [5, 5.41) is 0. The fourth-order valence-electron chi connectivity index (χ4n) is 1.02. The van der Waals surface area contributed by atoms with Crippen LogP contribution in [0, 0.1) is 0 Å². The number of hydrogen-bond acceptors (Lipinski definition) is 3. The molecule has 0 saturated heterocycles. The lowest BCUT2D eigenvalue weighted by molar-refractivity contribution is -0.104. The summed E-state index contributed by atoms with van der Waals surface area (Å²) >= 11 is 0. The van der Waals surface area contributed by atoms with Gasteiger partial charge in [0.15, 0.2) is 6.79 Å². The standard InChI is InChI=1S/C11H12O3/c1-13-9-14-11-7-3-2-5-10(11)6-4-8-12/h2-8H,9H2,1H3/b6-4+. The van der Waals surface area contributed by atoms with Crippen LogP contribution in [0.1, 0.15) is 5.56 Å². The van der Waals surface area contributed by atoms with E-state index in [4.69, 9.17) is 9.47 Å². The average Bonchev–Trinajstić information content (AvgIpc) is 2.24. The Hall–Kier alpha value is -1.61. The molecule has 3 nitrogen and oxygen atoms in total. The van der Waals surface area contributed by atoms with Crippen LogP contribution in [-0.4, -0.2) is 20.2 Å². The second kappa shape index (κ2) is 5.94. The number of carbonyl (C=O) groups excluding carboxylic acids is 1. The number of hydrogen-bond donors (Lipinski definition) is 0. The molecule has 0 fully saturated rings. The van der Waals surface area contributed by atoms with E-state index in [-0.39, 0.29) is 6.79 Å². The lowest BCUT2D eigenvalue weighted by atomic mass is 10.2. The summed E-state index contributed by atoms with van der Waals surface area (Å²) in [6.45, 7) is 0.200. The predicted molar refractivity (Wildman–Crippen MR) is 54.0 cm³/mol. The Kier molecular flexibility index (Phi) is 4.44. The summed E-state index contributed by atoms with van der Waals surface area (Å²) in [6.07, 6.45) is 3.85. The van der Waals surface area contributed by atoms with Crippen molar-refractivity contribution in [2.75, 3.05) is 13.9 Å². The van der Waals surface area contributed by atoms with Crippen LogP contribution in [0.15, 0.2) is 30.3 Å². The van der Waals surface area contributed by atoms with E-state index in [0.717, 1.165) is 11.8 Å². The lowest BCUT2D eigenvalue weighted by Gasteiger charge is -2.06. The van der Waals surface area contributed by atoms with Crippen molar-refractivity contribution in [3.8, 4) is 5.75 Å². The fraction of sp³-hybridized carbons (Fsp3) is 0.182. The Bertz CT molecular complexity index is 318. The van der Waals surface area contributed by atoms with Gasteiger partial charge in [-0.05, 0) is 18.2 Å². The molecule has 0 aliphatic heterocycles. The molecule has 1 aromatic carbocycles. The van der Waals surface area contributed by atoms with E-state index < -0.39 is 0 Å². The highest BCUT2D eigenvalue weighted by Crippen LogP contribution is 2.18. The van der Waals surface area contributed by atoms with Crippen LogP contribution < -0.4 is 4.74 Å². The van der Waals surface area contributed by atoms with Crippen molar-refractivity contribution in [2.24, 2.45) is 0 Å². The zero-order valence-corrected chi connectivity index (χ0v) is 7.97. The summed E-state index contributed by atoms with van der Waals surface area (Å²) < 4.78 is 10.1. The van der Waals surface area contributed by atoms with E-state index in [1.54, 1.807) is 13.2 Å². The minimum absolute atomic E-state index is 0.200. The Morgan fingerprint density at radius 3 is 2.86 bits per heavy atom. The Morgan fingerprint density at radius 1 is 1.36 bits per heavy atom. The van der Waals surface area contributed by atoms with Crippen LogP contribution in [0.5, 0.6) is 5.75 Å². The monoisotopic (exact) mass is 192 g/mol. The van der Waals surface area contributed by atoms with Gasteiger partial charge in [0.2, 0.25) is 0 Å². The predicted octanol–water partition coefficient (Wildman–Crippen LogP) is 1.88. The first-order valence-corrected chi connectivity index (χ1v) is 4.21. The van der Waals surface area contributed by atoms with Crippen molar-refractivity contribution in [1.82, 2.24) is 0 Å². The van der Waals surface area contributed by atoms with Gasteiger partial charge in [-0.1, -0.05) is 18.2 Å². The molecule has 0 atom stereocenters. The molecule has 0 amide bonds. The molecule has 0 heterocycles. The van der Waals surface area contributed by atoms with E-state index >= 15 is 0 Å². The van der Waals surface area contributed by atoms with Crippen molar-refractivity contribution in [3.63, 3.8) is 0 Å². The van der Waals surface area contributed by atoms with Gasteiger partial charge in [-0.25, -0.2) is 0 Å². The molecule has 1 aromatic rings. The second-order valence-corrected chi connectivity index (χ2v) is 2.58. The quantitative estimate of drug-likeness (QED) is 0.406. The first-order valence-electron chi connectivity index (χ1n) is 4.21. The number of para-hydroxylation sites is 1. The molecule has 3 heteroatoms. The molecule has 1 rings (SSSR count). The van der Waals surface area contributed by atoms with Crippen molar-refractivity contribution in [1.29, 1.82) is 0 Å². The maximum atomic E-state index is 10.2. The zero-order valence-electron chi connectivity index (χ0n) is 7.97. The van der Waals surface area contributed by atoms with Gasteiger partial charge in [-0.15, -0.1) is 0 Å². The van der Waals surface area contributed by atoms with E-state index in [2.05, 4.69) is 0 Å². The number of benzene rings is 1. The van der Waals surface area contributed by atoms with Crippen molar-refractivity contribution in [3.05, 3.63) is 35.9 Å². The maximum Gasteiger partial charge on any atom is 0.188 e. The van der Waals surface area contributed by atoms with Gasteiger partial charge < -0.3 is 9.47 Å². The zero-order chi connectivity index (χ0) is 10.2. The number of methoxy groups -OCH3 is 1. The molecule has 0 aliphatic carbocycles. The third kappa shape index (κ3) is 3.03. The molecular formula is C11H12O3. The second-order valence-electron chi connectivity index (χ2n) is 2.58. The van der Waals surface area contributed by atoms with Gasteiger partial charge in [0.25, 0.3) is 0 Å². The topological polar surface area (TPSA) is 35.5 Å². The van der Waals surface area contributed by atoms with Crippen LogP contribution in [0.4, 0.5) is 0 Å². The molecule has 0 saturated carbocycles. The first kappa shape index (κ1) is 10.5. The Balaban J connectivity index is 2.79. The molecule has 74 valence electrons. The molecule has 0 unspecified atom stereocenters. The minimum atomic E-state index is 0.200. The lowest BCUT2D eigenvalue weighted by Crippen LogP contribution is -1.99. The first-order chi connectivity index (χ1) is 6.88. The Labute approximate surface area is 83.0 Å². The molecule has 0 radical (unpaired) electrons. The SMILES string of the molecule is COCOc1ccccc1/C=C/C=O. The number of carbonyl (C=O) groups is 1. The molecule has 0 aromatic heterocycles. The molecular weight excluding hydrogens is 180 g/mol. The van der Waals surface area contributed by atoms with E-state index in [0.29, 0.717) is 5.75 Å². The van der Waals surface area contributed by atoms with Crippen molar-refractivity contribution >= 4 is 12.4 Å². The molecule has 0 bridgehead atoms. The van der Waals surface area contributed by atoms with Gasteiger partial charge >= 0.3 is 0 Å². The summed E-state index contributed by atoms with van der Waals surface area (Å²) in [4.78, 5) is 10.2. The highest BCUT2D eigenvalue weighted by Gasteiger charge is 1.97. The van der Waals surface area contributed by atoms with E-state index in [9.17, 15) is 4.79 Å². The fourth-order valence-corrected chi connectivity index (χ4v) is 1.02. The molecule has 0 spiro atoms. The minimum Gasteiger partial charge on any atom is -0.467 e.